The van der Waals surface area contributed by atoms with Gasteiger partial charge in [-0.25, -0.2) is 0 Å². The van der Waals surface area contributed by atoms with Crippen molar-refractivity contribution in [1.82, 2.24) is 4.90 Å². The van der Waals surface area contributed by atoms with Gasteiger partial charge in [0.25, 0.3) is 0 Å². The van der Waals surface area contributed by atoms with Gasteiger partial charge in [-0.1, -0.05) is 35.7 Å². The normalized spacial score (nSPS) is 18.0. The minimum absolute atomic E-state index is 0.457. The molecule has 1 aliphatic rings. The minimum atomic E-state index is -0.857. The molecule has 162 valence electrons. The summed E-state index contributed by atoms with van der Waals surface area (Å²) in [6, 6.07) is 7.70. The number of ether oxygens (including phenoxy) is 3. The van der Waals surface area contributed by atoms with Crippen LogP contribution in [0.25, 0.3) is 0 Å². The molecule has 2 unspecified atom stereocenters. The van der Waals surface area contributed by atoms with E-state index in [1.54, 1.807) is 39.5 Å². The Balaban J connectivity index is 2.25. The van der Waals surface area contributed by atoms with Gasteiger partial charge < -0.3 is 19.3 Å². The zero-order valence-corrected chi connectivity index (χ0v) is 18.7. The molecule has 6 nitrogen and oxygen atoms in total. The fraction of sp³-hybridized carbons (Fsp3) is 0.409. The van der Waals surface area contributed by atoms with Crippen molar-refractivity contribution in [3.63, 3.8) is 0 Å². The average molecular weight is 454 g/mol. The second kappa shape index (κ2) is 9.77. The molecule has 1 heterocycles. The lowest BCUT2D eigenvalue weighted by Gasteiger charge is -2.40. The first-order chi connectivity index (χ1) is 14.4. The predicted molar refractivity (Wildman–Crippen MR) is 116 cm³/mol. The largest absolute Gasteiger partial charge is 0.496 e. The molecular formula is C22H25Cl2NO5. The lowest BCUT2D eigenvalue weighted by atomic mass is 9.90. The maximum absolute atomic E-state index is 12.1. The standard InChI is InChI=1S/C22H25Cl2NO5/c1-28-18-12-20(30-3)19(29-2)11-15(18)21(14-8-7-13(23)10-16(14)24)25-9-5-4-6-17(25)22(26)27/h7-8,10-12,17,21H,4-6,9H2,1-3H3,(H,26,27). The summed E-state index contributed by atoms with van der Waals surface area (Å²) in [6.45, 7) is 0.609. The molecule has 1 fully saturated rings. The molecule has 30 heavy (non-hydrogen) atoms. The van der Waals surface area contributed by atoms with E-state index in [4.69, 9.17) is 37.4 Å². The van der Waals surface area contributed by atoms with Crippen LogP contribution in [0.15, 0.2) is 30.3 Å². The van der Waals surface area contributed by atoms with Crippen LogP contribution >= 0.6 is 23.2 Å². The highest BCUT2D eigenvalue weighted by Crippen LogP contribution is 2.45. The van der Waals surface area contributed by atoms with Crippen LogP contribution in [0.3, 0.4) is 0 Å². The maximum atomic E-state index is 12.1. The van der Waals surface area contributed by atoms with E-state index in [-0.39, 0.29) is 0 Å². The van der Waals surface area contributed by atoms with E-state index in [1.807, 2.05) is 17.0 Å². The Morgan fingerprint density at radius 3 is 2.27 bits per heavy atom. The molecule has 2 atom stereocenters. The number of rotatable bonds is 7. The number of carboxylic acid groups (broad SMARTS) is 1. The summed E-state index contributed by atoms with van der Waals surface area (Å²) in [5.41, 5.74) is 1.49. The van der Waals surface area contributed by atoms with Crippen LogP contribution in [0.1, 0.15) is 36.4 Å². The molecule has 0 spiro atoms. The Kier molecular flexibility index (Phi) is 7.34. The number of hydrogen-bond acceptors (Lipinski definition) is 5. The fourth-order valence-corrected chi connectivity index (χ4v) is 4.55. The molecule has 0 radical (unpaired) electrons. The Hall–Kier alpha value is -2.15. The summed E-state index contributed by atoms with van der Waals surface area (Å²) in [7, 11) is 4.67. The van der Waals surface area contributed by atoms with E-state index in [0.29, 0.717) is 40.3 Å². The van der Waals surface area contributed by atoms with Crippen molar-refractivity contribution in [2.24, 2.45) is 0 Å². The molecule has 1 N–H and O–H groups in total. The summed E-state index contributed by atoms with van der Waals surface area (Å²) in [5, 5.41) is 10.9. The molecule has 0 aromatic heterocycles. The van der Waals surface area contributed by atoms with Gasteiger partial charge in [0.15, 0.2) is 11.5 Å². The Morgan fingerprint density at radius 1 is 1.00 bits per heavy atom. The molecule has 2 aromatic carbocycles. The van der Waals surface area contributed by atoms with E-state index >= 15 is 0 Å². The zero-order chi connectivity index (χ0) is 21.8. The highest BCUT2D eigenvalue weighted by atomic mass is 35.5. The van der Waals surface area contributed by atoms with Crippen LogP contribution < -0.4 is 14.2 Å². The number of carboxylic acids is 1. The van der Waals surface area contributed by atoms with Gasteiger partial charge in [-0.05, 0) is 43.1 Å². The number of halogens is 2. The fourth-order valence-electron chi connectivity index (χ4n) is 4.04. The molecule has 1 saturated heterocycles. The first-order valence-corrected chi connectivity index (χ1v) is 10.4. The molecule has 0 amide bonds. The van der Waals surface area contributed by atoms with Gasteiger partial charge >= 0.3 is 5.97 Å². The van der Waals surface area contributed by atoms with Crippen LogP contribution in [-0.4, -0.2) is 49.9 Å². The first-order valence-electron chi connectivity index (χ1n) is 9.64. The summed E-state index contributed by atoms with van der Waals surface area (Å²) in [6.07, 6.45) is 2.31. The van der Waals surface area contributed by atoms with Gasteiger partial charge in [-0.15, -0.1) is 0 Å². The van der Waals surface area contributed by atoms with Gasteiger partial charge in [0.1, 0.15) is 11.8 Å². The zero-order valence-electron chi connectivity index (χ0n) is 17.2. The molecule has 0 bridgehead atoms. The average Bonchev–Trinajstić information content (AvgIpc) is 2.75. The number of likely N-dealkylation sites (tertiary alicyclic amines) is 1. The lowest BCUT2D eigenvalue weighted by molar-refractivity contribution is -0.145. The number of hydrogen-bond donors (Lipinski definition) is 1. The molecule has 1 aliphatic heterocycles. The first kappa shape index (κ1) is 22.5. The second-order valence-electron chi connectivity index (χ2n) is 7.11. The van der Waals surface area contributed by atoms with E-state index in [0.717, 1.165) is 24.0 Å². The van der Waals surface area contributed by atoms with Crippen LogP contribution in [0.5, 0.6) is 17.2 Å². The Morgan fingerprint density at radius 2 is 1.67 bits per heavy atom. The molecular weight excluding hydrogens is 429 g/mol. The summed E-state index contributed by atoms with van der Waals surface area (Å²) >= 11 is 12.7. The van der Waals surface area contributed by atoms with Crippen LogP contribution in [0.2, 0.25) is 10.0 Å². The molecule has 3 rings (SSSR count). The van der Waals surface area contributed by atoms with E-state index in [9.17, 15) is 9.90 Å². The van der Waals surface area contributed by atoms with Gasteiger partial charge in [-0.3, -0.25) is 9.69 Å². The van der Waals surface area contributed by atoms with E-state index in [2.05, 4.69) is 0 Å². The number of benzene rings is 2. The Labute approximate surface area is 186 Å². The highest BCUT2D eigenvalue weighted by molar-refractivity contribution is 6.35. The van der Waals surface area contributed by atoms with Gasteiger partial charge in [0.05, 0.1) is 27.4 Å². The van der Waals surface area contributed by atoms with Crippen molar-refractivity contribution in [3.8, 4) is 17.2 Å². The van der Waals surface area contributed by atoms with Gasteiger partial charge in [0.2, 0.25) is 0 Å². The van der Waals surface area contributed by atoms with Gasteiger partial charge in [0, 0.05) is 21.7 Å². The van der Waals surface area contributed by atoms with Gasteiger partial charge in [-0.2, -0.15) is 0 Å². The number of methoxy groups -OCH3 is 3. The second-order valence-corrected chi connectivity index (χ2v) is 7.95. The third-order valence-electron chi connectivity index (χ3n) is 5.45. The summed E-state index contributed by atoms with van der Waals surface area (Å²) in [5.74, 6) is 0.738. The van der Waals surface area contributed by atoms with E-state index < -0.39 is 18.1 Å². The predicted octanol–water partition coefficient (Wildman–Crippen LogP) is 5.05. The number of piperidine rings is 1. The number of aliphatic carboxylic acids is 1. The molecule has 0 saturated carbocycles. The van der Waals surface area contributed by atoms with Crippen molar-refractivity contribution in [2.75, 3.05) is 27.9 Å². The lowest BCUT2D eigenvalue weighted by Crippen LogP contribution is -2.47. The smallest absolute Gasteiger partial charge is 0.320 e. The van der Waals surface area contributed by atoms with Crippen molar-refractivity contribution >= 4 is 29.2 Å². The van der Waals surface area contributed by atoms with Crippen molar-refractivity contribution in [1.29, 1.82) is 0 Å². The topological polar surface area (TPSA) is 68.2 Å². The van der Waals surface area contributed by atoms with Crippen LogP contribution in [0, 0.1) is 0 Å². The van der Waals surface area contributed by atoms with Crippen molar-refractivity contribution in [3.05, 3.63) is 51.5 Å². The quantitative estimate of drug-likeness (QED) is 0.632. The third-order valence-corrected chi connectivity index (χ3v) is 6.01. The third kappa shape index (κ3) is 4.46. The monoisotopic (exact) mass is 453 g/mol. The van der Waals surface area contributed by atoms with Crippen LogP contribution in [0.4, 0.5) is 0 Å². The summed E-state index contributed by atoms with van der Waals surface area (Å²) in [4.78, 5) is 14.0. The van der Waals surface area contributed by atoms with Crippen LogP contribution in [-0.2, 0) is 4.79 Å². The summed E-state index contributed by atoms with van der Waals surface area (Å²) < 4.78 is 16.6. The molecule has 0 aliphatic carbocycles. The molecule has 8 heteroatoms. The molecule has 2 aromatic rings. The SMILES string of the molecule is COc1cc(OC)c(C(c2ccc(Cl)cc2Cl)N2CCCCC2C(=O)O)cc1OC. The minimum Gasteiger partial charge on any atom is -0.496 e. The maximum Gasteiger partial charge on any atom is 0.320 e. The highest BCUT2D eigenvalue weighted by Gasteiger charge is 2.37. The number of nitrogens with zero attached hydrogens (tertiary/aromatic N) is 1. The number of carbonyl (C=O) groups is 1. The van der Waals surface area contributed by atoms with E-state index in [1.165, 1.54) is 0 Å². The van der Waals surface area contributed by atoms with Crippen molar-refractivity contribution in [2.45, 2.75) is 31.3 Å². The Bertz CT molecular complexity index is 921. The van der Waals surface area contributed by atoms with Crippen molar-refractivity contribution < 1.29 is 24.1 Å².